The van der Waals surface area contributed by atoms with Crippen LogP contribution in [-0.4, -0.2) is 40.4 Å². The Kier molecular flexibility index (Phi) is 6.09. The maximum absolute atomic E-state index is 12.1. The van der Waals surface area contributed by atoms with Gasteiger partial charge in [0, 0.05) is 11.0 Å². The standard InChI is InChI=1S/C16H17BrN4O3S/c17-11-6-2-1-5-10(11)15-20-21-16(24-15)25-9-13(22)19-12-7-3-4-8-18-14(12)23/h1-2,5-6,12H,3-4,7-9H2,(H,18,23)(H,19,22)/t12-/m1/s1. The van der Waals surface area contributed by atoms with E-state index in [1.807, 2.05) is 24.3 Å². The minimum atomic E-state index is -0.464. The molecule has 0 aliphatic carbocycles. The number of thioether (sulfide) groups is 1. The Morgan fingerprint density at radius 2 is 2.20 bits per heavy atom. The smallest absolute Gasteiger partial charge is 0.277 e. The number of benzene rings is 1. The number of halogens is 1. The molecule has 0 unspecified atom stereocenters. The van der Waals surface area contributed by atoms with Gasteiger partial charge in [-0.15, -0.1) is 10.2 Å². The van der Waals surface area contributed by atoms with Crippen molar-refractivity contribution in [2.24, 2.45) is 0 Å². The van der Waals surface area contributed by atoms with Crippen molar-refractivity contribution in [2.75, 3.05) is 12.3 Å². The Morgan fingerprint density at radius 3 is 3.04 bits per heavy atom. The van der Waals surface area contributed by atoms with E-state index in [9.17, 15) is 9.59 Å². The Morgan fingerprint density at radius 1 is 1.36 bits per heavy atom. The number of aromatic nitrogens is 2. The maximum atomic E-state index is 12.1. The van der Waals surface area contributed by atoms with Crippen LogP contribution in [0.5, 0.6) is 0 Å². The van der Waals surface area contributed by atoms with E-state index in [2.05, 4.69) is 36.8 Å². The Balaban J connectivity index is 1.54. The van der Waals surface area contributed by atoms with Crippen LogP contribution in [0.1, 0.15) is 19.3 Å². The summed E-state index contributed by atoms with van der Waals surface area (Å²) >= 11 is 4.58. The van der Waals surface area contributed by atoms with Crippen LogP contribution in [0.2, 0.25) is 0 Å². The highest BCUT2D eigenvalue weighted by Crippen LogP contribution is 2.28. The molecule has 0 radical (unpaired) electrons. The minimum absolute atomic E-state index is 0.112. The van der Waals surface area contributed by atoms with Crippen LogP contribution in [0.25, 0.3) is 11.5 Å². The fourth-order valence-electron chi connectivity index (χ4n) is 2.45. The van der Waals surface area contributed by atoms with Gasteiger partial charge in [-0.25, -0.2) is 0 Å². The van der Waals surface area contributed by atoms with Gasteiger partial charge in [-0.3, -0.25) is 9.59 Å². The van der Waals surface area contributed by atoms with Crippen LogP contribution >= 0.6 is 27.7 Å². The number of nitrogens with one attached hydrogen (secondary N) is 2. The minimum Gasteiger partial charge on any atom is -0.411 e. The fraction of sp³-hybridized carbons (Fsp3) is 0.375. The quantitative estimate of drug-likeness (QED) is 0.715. The van der Waals surface area contributed by atoms with Crippen LogP contribution in [0.3, 0.4) is 0 Å². The normalized spacial score (nSPS) is 17.6. The molecule has 2 N–H and O–H groups in total. The molecule has 2 amide bonds. The van der Waals surface area contributed by atoms with Crippen LogP contribution in [0.15, 0.2) is 38.4 Å². The summed E-state index contributed by atoms with van der Waals surface area (Å²) in [5, 5.41) is 13.8. The zero-order chi connectivity index (χ0) is 17.6. The third kappa shape index (κ3) is 4.82. The van der Waals surface area contributed by atoms with Gasteiger partial charge in [0.05, 0.1) is 11.3 Å². The molecule has 1 aliphatic heterocycles. The van der Waals surface area contributed by atoms with E-state index in [1.165, 1.54) is 0 Å². The van der Waals surface area contributed by atoms with E-state index in [0.29, 0.717) is 24.1 Å². The van der Waals surface area contributed by atoms with Gasteiger partial charge in [0.25, 0.3) is 5.22 Å². The second-order valence-electron chi connectivity index (χ2n) is 5.55. The number of rotatable bonds is 5. The Labute approximate surface area is 157 Å². The fourth-order valence-corrected chi connectivity index (χ4v) is 3.48. The van der Waals surface area contributed by atoms with Gasteiger partial charge >= 0.3 is 0 Å². The molecule has 7 nitrogen and oxygen atoms in total. The van der Waals surface area contributed by atoms with Crippen molar-refractivity contribution < 1.29 is 14.0 Å². The zero-order valence-electron chi connectivity index (χ0n) is 13.3. The average molecular weight is 425 g/mol. The highest BCUT2D eigenvalue weighted by Gasteiger charge is 2.22. The molecule has 1 aromatic heterocycles. The highest BCUT2D eigenvalue weighted by molar-refractivity contribution is 9.10. The summed E-state index contributed by atoms with van der Waals surface area (Å²) < 4.78 is 6.44. The van der Waals surface area contributed by atoms with Gasteiger partial charge in [-0.2, -0.15) is 0 Å². The molecule has 2 aromatic rings. The lowest BCUT2D eigenvalue weighted by Gasteiger charge is -2.14. The summed E-state index contributed by atoms with van der Waals surface area (Å²) in [6.45, 7) is 0.666. The van der Waals surface area contributed by atoms with Gasteiger partial charge in [0.15, 0.2) is 0 Å². The van der Waals surface area contributed by atoms with E-state index in [4.69, 9.17) is 4.42 Å². The lowest BCUT2D eigenvalue weighted by molar-refractivity contribution is -0.127. The van der Waals surface area contributed by atoms with E-state index in [0.717, 1.165) is 34.6 Å². The molecule has 0 spiro atoms. The van der Waals surface area contributed by atoms with E-state index in [1.54, 1.807) is 0 Å². The lowest BCUT2D eigenvalue weighted by Crippen LogP contribution is -2.46. The predicted molar refractivity (Wildman–Crippen MR) is 96.9 cm³/mol. The summed E-state index contributed by atoms with van der Waals surface area (Å²) in [4.78, 5) is 23.9. The number of nitrogens with zero attached hydrogens (tertiary/aromatic N) is 2. The molecular weight excluding hydrogens is 408 g/mol. The molecule has 0 bridgehead atoms. The molecule has 1 saturated heterocycles. The molecule has 25 heavy (non-hydrogen) atoms. The van der Waals surface area contributed by atoms with Crippen LogP contribution in [-0.2, 0) is 9.59 Å². The number of hydrogen-bond donors (Lipinski definition) is 2. The summed E-state index contributed by atoms with van der Waals surface area (Å²) in [5.74, 6) is 0.151. The summed E-state index contributed by atoms with van der Waals surface area (Å²) in [6.07, 6.45) is 2.51. The molecule has 3 rings (SSSR count). The van der Waals surface area contributed by atoms with Crippen molar-refractivity contribution in [3.05, 3.63) is 28.7 Å². The van der Waals surface area contributed by atoms with Crippen LogP contribution in [0.4, 0.5) is 0 Å². The maximum Gasteiger partial charge on any atom is 0.277 e. The highest BCUT2D eigenvalue weighted by atomic mass is 79.9. The number of amides is 2. The summed E-state index contributed by atoms with van der Waals surface area (Å²) in [6, 6.07) is 7.06. The first-order valence-corrected chi connectivity index (χ1v) is 9.69. The second-order valence-corrected chi connectivity index (χ2v) is 7.33. The first-order valence-electron chi connectivity index (χ1n) is 7.92. The first-order chi connectivity index (χ1) is 12.1. The largest absolute Gasteiger partial charge is 0.411 e. The van der Waals surface area contributed by atoms with Crippen molar-refractivity contribution in [1.82, 2.24) is 20.8 Å². The number of carbonyl (C=O) groups excluding carboxylic acids is 2. The third-order valence-electron chi connectivity index (χ3n) is 3.71. The van der Waals surface area contributed by atoms with Crippen molar-refractivity contribution in [3.8, 4) is 11.5 Å². The van der Waals surface area contributed by atoms with Crippen molar-refractivity contribution in [2.45, 2.75) is 30.5 Å². The molecule has 1 fully saturated rings. The molecule has 2 heterocycles. The monoisotopic (exact) mass is 424 g/mol. The van der Waals surface area contributed by atoms with Gasteiger partial charge in [0.1, 0.15) is 6.04 Å². The molecular formula is C16H17BrN4O3S. The predicted octanol–water partition coefficient (Wildman–Crippen LogP) is 2.38. The van der Waals surface area contributed by atoms with Gasteiger partial charge in [-0.05, 0) is 47.3 Å². The van der Waals surface area contributed by atoms with Crippen molar-refractivity contribution >= 4 is 39.5 Å². The molecule has 0 saturated carbocycles. The second kappa shape index (κ2) is 8.48. The summed E-state index contributed by atoms with van der Waals surface area (Å²) in [7, 11) is 0. The van der Waals surface area contributed by atoms with E-state index < -0.39 is 6.04 Å². The van der Waals surface area contributed by atoms with E-state index >= 15 is 0 Å². The zero-order valence-corrected chi connectivity index (χ0v) is 15.7. The first kappa shape index (κ1) is 17.9. The molecule has 132 valence electrons. The summed E-state index contributed by atoms with van der Waals surface area (Å²) in [5.41, 5.74) is 0.793. The average Bonchev–Trinajstić information content (AvgIpc) is 2.98. The molecule has 1 aliphatic rings. The topological polar surface area (TPSA) is 97.1 Å². The van der Waals surface area contributed by atoms with E-state index in [-0.39, 0.29) is 17.6 Å². The van der Waals surface area contributed by atoms with Gasteiger partial charge in [-0.1, -0.05) is 23.9 Å². The van der Waals surface area contributed by atoms with Crippen LogP contribution < -0.4 is 10.6 Å². The molecule has 1 atom stereocenters. The lowest BCUT2D eigenvalue weighted by atomic mass is 10.1. The van der Waals surface area contributed by atoms with Crippen molar-refractivity contribution in [3.63, 3.8) is 0 Å². The van der Waals surface area contributed by atoms with Gasteiger partial charge in [0.2, 0.25) is 17.7 Å². The number of carbonyl (C=O) groups is 2. The Bertz CT molecular complexity index is 767. The van der Waals surface area contributed by atoms with Crippen LogP contribution in [0, 0.1) is 0 Å². The third-order valence-corrected chi connectivity index (χ3v) is 5.22. The Hall–Kier alpha value is -1.87. The number of hydrogen-bond acceptors (Lipinski definition) is 6. The SMILES string of the molecule is O=C(CSc1nnc(-c2ccccc2Br)o1)N[C@@H]1CCCCNC1=O. The molecule has 9 heteroatoms. The van der Waals surface area contributed by atoms with Gasteiger partial charge < -0.3 is 15.1 Å². The van der Waals surface area contributed by atoms with Crippen molar-refractivity contribution in [1.29, 1.82) is 0 Å². The molecule has 1 aromatic carbocycles.